The molecule has 1 amide bonds. The lowest BCUT2D eigenvalue weighted by Crippen LogP contribution is -2.28. The molecule has 3 aromatic heterocycles. The normalized spacial score (nSPS) is 16.1. The van der Waals surface area contributed by atoms with Gasteiger partial charge in [-0.1, -0.05) is 6.07 Å². The second kappa shape index (κ2) is 10.2. The fourth-order valence-electron chi connectivity index (χ4n) is 4.71. The highest BCUT2D eigenvalue weighted by atomic mass is 32.2. The van der Waals surface area contributed by atoms with Crippen LogP contribution in [0.25, 0.3) is 0 Å². The van der Waals surface area contributed by atoms with Gasteiger partial charge in [-0.15, -0.1) is 0 Å². The summed E-state index contributed by atoms with van der Waals surface area (Å²) >= 11 is 1.66. The summed E-state index contributed by atoms with van der Waals surface area (Å²) < 4.78 is 6.38. The fourth-order valence-corrected chi connectivity index (χ4v) is 5.77. The number of anilines is 1. The molecule has 0 aliphatic carbocycles. The van der Waals surface area contributed by atoms with E-state index in [2.05, 4.69) is 29.1 Å². The van der Waals surface area contributed by atoms with Crippen LogP contribution in [0.1, 0.15) is 40.3 Å². The van der Waals surface area contributed by atoms with Crippen LogP contribution in [0.4, 0.5) is 5.82 Å². The molecule has 2 N–H and O–H groups in total. The molecule has 0 bridgehead atoms. The third-order valence-corrected chi connectivity index (χ3v) is 7.72. The topological polar surface area (TPSA) is 91.5 Å². The van der Waals surface area contributed by atoms with Crippen LogP contribution in [0.2, 0.25) is 0 Å². The van der Waals surface area contributed by atoms with Crippen LogP contribution in [-0.2, 0) is 26.2 Å². The van der Waals surface area contributed by atoms with Crippen LogP contribution in [0.15, 0.2) is 41.8 Å². The van der Waals surface area contributed by atoms with Crippen molar-refractivity contribution in [1.82, 2.24) is 28.7 Å². The first kappa shape index (κ1) is 22.9. The highest BCUT2D eigenvalue weighted by Gasteiger charge is 2.23. The van der Waals surface area contributed by atoms with Crippen LogP contribution >= 0.6 is 11.9 Å². The molecule has 180 valence electrons. The minimum Gasteiger partial charge on any atom is -0.395 e. The molecule has 5 rings (SSSR count). The molecule has 0 saturated carbocycles. The zero-order valence-corrected chi connectivity index (χ0v) is 20.3. The van der Waals surface area contributed by atoms with Crippen molar-refractivity contribution in [3.05, 3.63) is 59.6 Å². The molecule has 2 aliphatic rings. The number of pyridine rings is 1. The van der Waals surface area contributed by atoms with Crippen molar-refractivity contribution in [2.24, 2.45) is 0 Å². The summed E-state index contributed by atoms with van der Waals surface area (Å²) in [4.78, 5) is 25.4. The van der Waals surface area contributed by atoms with Gasteiger partial charge < -0.3 is 24.5 Å². The predicted molar refractivity (Wildman–Crippen MR) is 132 cm³/mol. The molecule has 1 saturated heterocycles. The molecular weight excluding hydrogens is 450 g/mol. The Balaban J connectivity index is 1.31. The number of imidazole rings is 1. The second-order valence-electron chi connectivity index (χ2n) is 8.75. The molecule has 0 aromatic carbocycles. The Hall–Kier alpha value is -2.82. The molecule has 0 unspecified atom stereocenters. The van der Waals surface area contributed by atoms with Crippen LogP contribution in [0.5, 0.6) is 0 Å². The van der Waals surface area contributed by atoms with Gasteiger partial charge >= 0.3 is 0 Å². The van der Waals surface area contributed by atoms with E-state index in [0.29, 0.717) is 18.8 Å². The number of hydrogen-bond donors (Lipinski definition) is 2. The molecule has 1 fully saturated rings. The number of fused-ring (bicyclic) bond motifs is 1. The van der Waals surface area contributed by atoms with E-state index >= 15 is 0 Å². The molecule has 10 heteroatoms. The summed E-state index contributed by atoms with van der Waals surface area (Å²) in [6, 6.07) is 5.89. The van der Waals surface area contributed by atoms with E-state index in [0.717, 1.165) is 54.7 Å². The lowest BCUT2D eigenvalue weighted by atomic mass is 10.2. The molecule has 34 heavy (non-hydrogen) atoms. The third-order valence-electron chi connectivity index (χ3n) is 6.54. The van der Waals surface area contributed by atoms with Gasteiger partial charge in [0, 0.05) is 67.8 Å². The summed E-state index contributed by atoms with van der Waals surface area (Å²) in [5.74, 6) is 0.819. The SMILES string of the molecule is Cc1c(SN2CCn3cncc3C2)cc(C(=O)NCc2cccnc2N2CCCC2)n1CCO. The zero-order chi connectivity index (χ0) is 23.5. The number of aliphatic hydroxyl groups excluding tert-OH is 1. The first-order chi connectivity index (χ1) is 16.6. The van der Waals surface area contributed by atoms with Gasteiger partial charge in [0.1, 0.15) is 11.5 Å². The second-order valence-corrected chi connectivity index (χ2v) is 9.89. The molecule has 0 radical (unpaired) electrons. The lowest BCUT2D eigenvalue weighted by molar-refractivity contribution is 0.0940. The number of nitrogens with one attached hydrogen (secondary N) is 1. The van der Waals surface area contributed by atoms with E-state index in [1.54, 1.807) is 11.9 Å². The Bertz CT molecular complexity index is 1150. The van der Waals surface area contributed by atoms with Gasteiger partial charge in [0.2, 0.25) is 0 Å². The highest BCUT2D eigenvalue weighted by Crippen LogP contribution is 2.32. The maximum atomic E-state index is 13.3. The smallest absolute Gasteiger partial charge is 0.268 e. The Morgan fingerprint density at radius 3 is 2.91 bits per heavy atom. The Kier molecular flexibility index (Phi) is 6.89. The Morgan fingerprint density at radius 2 is 2.09 bits per heavy atom. The van der Waals surface area contributed by atoms with Gasteiger partial charge in [-0.25, -0.2) is 14.3 Å². The average Bonchev–Trinajstić information content (AvgIpc) is 3.60. The van der Waals surface area contributed by atoms with Gasteiger partial charge in [0.05, 0.1) is 25.2 Å². The lowest BCUT2D eigenvalue weighted by Gasteiger charge is -2.26. The van der Waals surface area contributed by atoms with Crippen molar-refractivity contribution in [1.29, 1.82) is 0 Å². The van der Waals surface area contributed by atoms with Crippen molar-refractivity contribution in [3.63, 3.8) is 0 Å². The number of hydrogen-bond acceptors (Lipinski definition) is 7. The molecule has 0 spiro atoms. The summed E-state index contributed by atoms with van der Waals surface area (Å²) in [5.41, 5.74) is 3.77. The zero-order valence-electron chi connectivity index (χ0n) is 19.5. The van der Waals surface area contributed by atoms with Crippen molar-refractivity contribution in [3.8, 4) is 0 Å². The number of aliphatic hydroxyl groups is 1. The molecule has 0 atom stereocenters. The Labute approximate surface area is 203 Å². The van der Waals surface area contributed by atoms with Crippen LogP contribution in [-0.4, -0.2) is 60.7 Å². The number of rotatable bonds is 8. The molecule has 5 heterocycles. The summed E-state index contributed by atoms with van der Waals surface area (Å²) in [6.07, 6.45) is 7.95. The van der Waals surface area contributed by atoms with E-state index in [1.165, 1.54) is 18.5 Å². The molecule has 2 aliphatic heterocycles. The summed E-state index contributed by atoms with van der Waals surface area (Å²) in [5, 5.41) is 12.7. The first-order valence-electron chi connectivity index (χ1n) is 11.8. The molecular formula is C24H31N7O2S. The number of nitrogens with zero attached hydrogens (tertiary/aromatic N) is 6. The molecule has 3 aromatic rings. The van der Waals surface area contributed by atoms with Crippen LogP contribution in [0.3, 0.4) is 0 Å². The van der Waals surface area contributed by atoms with Crippen molar-refractivity contribution < 1.29 is 9.90 Å². The van der Waals surface area contributed by atoms with E-state index in [9.17, 15) is 9.90 Å². The van der Waals surface area contributed by atoms with E-state index in [4.69, 9.17) is 0 Å². The first-order valence-corrected chi connectivity index (χ1v) is 12.6. The number of aromatic nitrogens is 4. The van der Waals surface area contributed by atoms with E-state index in [-0.39, 0.29) is 12.5 Å². The van der Waals surface area contributed by atoms with Gasteiger partial charge in [0.15, 0.2) is 0 Å². The van der Waals surface area contributed by atoms with Gasteiger partial charge in [0.25, 0.3) is 5.91 Å². The fraction of sp³-hybridized carbons (Fsp3) is 0.458. The molecule has 9 nitrogen and oxygen atoms in total. The van der Waals surface area contributed by atoms with Crippen molar-refractivity contribution in [2.45, 2.75) is 50.8 Å². The maximum Gasteiger partial charge on any atom is 0.268 e. The maximum absolute atomic E-state index is 13.3. The van der Waals surface area contributed by atoms with Gasteiger partial charge in [-0.2, -0.15) is 0 Å². The van der Waals surface area contributed by atoms with E-state index < -0.39 is 0 Å². The van der Waals surface area contributed by atoms with E-state index in [1.807, 2.05) is 48.4 Å². The van der Waals surface area contributed by atoms with Gasteiger partial charge in [-0.05, 0) is 43.8 Å². The van der Waals surface area contributed by atoms with Crippen LogP contribution < -0.4 is 10.2 Å². The third kappa shape index (κ3) is 4.70. The monoisotopic (exact) mass is 481 g/mol. The average molecular weight is 482 g/mol. The van der Waals surface area contributed by atoms with Crippen molar-refractivity contribution >= 4 is 23.7 Å². The minimum absolute atomic E-state index is 0.0233. The number of carbonyl (C=O) groups excluding carboxylic acids is 1. The Morgan fingerprint density at radius 1 is 1.24 bits per heavy atom. The number of amides is 1. The quantitative estimate of drug-likeness (QED) is 0.478. The summed E-state index contributed by atoms with van der Waals surface area (Å²) in [7, 11) is 0. The summed E-state index contributed by atoms with van der Waals surface area (Å²) in [6.45, 7) is 7.41. The van der Waals surface area contributed by atoms with Crippen molar-refractivity contribution in [2.75, 3.05) is 31.1 Å². The van der Waals surface area contributed by atoms with Gasteiger partial charge in [-0.3, -0.25) is 4.79 Å². The largest absolute Gasteiger partial charge is 0.395 e. The minimum atomic E-state index is -0.142. The van der Waals surface area contributed by atoms with Crippen LogP contribution in [0, 0.1) is 6.92 Å². The predicted octanol–water partition coefficient (Wildman–Crippen LogP) is 2.43. The highest BCUT2D eigenvalue weighted by molar-refractivity contribution is 7.97. The number of carbonyl (C=O) groups is 1. The standard InChI is InChI=1S/C24H31N7O2S/c1-18-22(34-30-10-9-29-17-25-15-20(29)16-30)13-21(31(18)11-12-32)24(33)27-14-19-5-4-6-26-23(19)28-7-2-3-8-28/h4-6,13,15,17,32H,2-3,7-12,14,16H2,1H3,(H,27,33).